The maximum Gasteiger partial charge on any atom is 0.252 e. The van der Waals surface area contributed by atoms with E-state index in [0.29, 0.717) is 24.6 Å². The van der Waals surface area contributed by atoms with Crippen molar-refractivity contribution in [3.8, 4) is 28.5 Å². The van der Waals surface area contributed by atoms with Crippen molar-refractivity contribution in [2.75, 3.05) is 13.2 Å². The van der Waals surface area contributed by atoms with Crippen LogP contribution in [0.25, 0.3) is 22.2 Å². The van der Waals surface area contributed by atoms with Gasteiger partial charge in [-0.15, -0.1) is 0 Å². The van der Waals surface area contributed by atoms with Gasteiger partial charge in [-0.1, -0.05) is 60.7 Å². The molecule has 4 aromatic carbocycles. The highest BCUT2D eigenvalue weighted by Crippen LogP contribution is 2.33. The number of para-hydroxylation sites is 2. The second-order valence-corrected chi connectivity index (χ2v) is 9.86. The first-order valence-electron chi connectivity index (χ1n) is 13.4. The van der Waals surface area contributed by atoms with Crippen LogP contribution in [-0.2, 0) is 6.54 Å². The number of aliphatic hydroxyl groups is 1. The Hall–Kier alpha value is -4.79. The minimum atomic E-state index is -0.843. The van der Waals surface area contributed by atoms with Gasteiger partial charge < -0.3 is 30.4 Å². The van der Waals surface area contributed by atoms with E-state index in [2.05, 4.69) is 17.1 Å². The van der Waals surface area contributed by atoms with Gasteiger partial charge in [-0.25, -0.2) is 0 Å². The molecule has 8 heteroatoms. The first-order chi connectivity index (χ1) is 19.9. The number of H-pyrrole nitrogens is 1. The number of primary amides is 1. The summed E-state index contributed by atoms with van der Waals surface area (Å²) in [6, 6.07) is 32.2. The number of nitrogens with two attached hydrogens (primary N) is 1. The quantitative estimate of drug-likeness (QED) is 0.156. The lowest BCUT2D eigenvalue weighted by molar-refractivity contribution is -0.0659. The van der Waals surface area contributed by atoms with E-state index in [1.165, 1.54) is 12.1 Å². The highest BCUT2D eigenvalue weighted by Gasteiger charge is 2.27. The molecule has 1 heterocycles. The Morgan fingerprint density at radius 3 is 2.44 bits per heavy atom. The summed E-state index contributed by atoms with van der Waals surface area (Å²) in [7, 11) is 0. The van der Waals surface area contributed by atoms with Gasteiger partial charge in [0.2, 0.25) is 0 Å². The van der Waals surface area contributed by atoms with Crippen molar-refractivity contribution in [3.63, 3.8) is 0 Å². The number of hydrogen-bond donors (Lipinski definition) is 4. The number of aromatic amines is 1. The second-order valence-electron chi connectivity index (χ2n) is 9.86. The van der Waals surface area contributed by atoms with Gasteiger partial charge in [0.1, 0.15) is 30.0 Å². The molecule has 0 aliphatic rings. The summed E-state index contributed by atoms with van der Waals surface area (Å²) >= 11 is 0. The molecule has 0 radical (unpaired) electrons. The van der Waals surface area contributed by atoms with Crippen molar-refractivity contribution < 1.29 is 24.5 Å². The maximum absolute atomic E-state index is 11.6. The van der Waals surface area contributed by atoms with Crippen LogP contribution in [0.5, 0.6) is 17.2 Å². The number of carbonyl (C=O) groups is 1. The van der Waals surface area contributed by atoms with Crippen LogP contribution in [-0.4, -0.2) is 51.5 Å². The molecule has 2 unspecified atom stereocenters. The zero-order valence-corrected chi connectivity index (χ0v) is 22.7. The van der Waals surface area contributed by atoms with Gasteiger partial charge in [0.25, 0.3) is 5.91 Å². The summed E-state index contributed by atoms with van der Waals surface area (Å²) in [5.41, 5.74) is 9.22. The van der Waals surface area contributed by atoms with Gasteiger partial charge >= 0.3 is 0 Å². The molecule has 0 saturated carbocycles. The average Bonchev–Trinajstić information content (AvgIpc) is 3.41. The highest BCUT2D eigenvalue weighted by atomic mass is 16.5. The minimum absolute atomic E-state index is 0.0117. The van der Waals surface area contributed by atoms with Gasteiger partial charge in [0.15, 0.2) is 6.23 Å². The van der Waals surface area contributed by atoms with E-state index >= 15 is 0 Å². The molecule has 5 N–H and O–H groups in total. The van der Waals surface area contributed by atoms with Crippen LogP contribution in [0.1, 0.15) is 22.8 Å². The Morgan fingerprint density at radius 1 is 0.951 bits per heavy atom. The number of nitrogens with zero attached hydrogens (tertiary/aromatic N) is 1. The Labute approximate surface area is 238 Å². The fourth-order valence-corrected chi connectivity index (χ4v) is 4.82. The van der Waals surface area contributed by atoms with Crippen LogP contribution in [0, 0.1) is 0 Å². The number of benzene rings is 4. The van der Waals surface area contributed by atoms with Gasteiger partial charge in [0, 0.05) is 29.6 Å². The summed E-state index contributed by atoms with van der Waals surface area (Å²) in [6.45, 7) is 2.82. The second kappa shape index (κ2) is 12.6. The van der Waals surface area contributed by atoms with Crippen LogP contribution >= 0.6 is 0 Å². The van der Waals surface area contributed by atoms with E-state index in [1.807, 2.05) is 77.7 Å². The molecule has 210 valence electrons. The number of nitrogens with one attached hydrogen (secondary N) is 1. The van der Waals surface area contributed by atoms with Crippen molar-refractivity contribution in [3.05, 3.63) is 114 Å². The summed E-state index contributed by atoms with van der Waals surface area (Å²) < 4.78 is 12.5. The first kappa shape index (κ1) is 27.8. The number of phenols is 1. The normalized spacial score (nSPS) is 12.8. The van der Waals surface area contributed by atoms with Gasteiger partial charge in [-0.2, -0.15) is 0 Å². The van der Waals surface area contributed by atoms with Crippen molar-refractivity contribution in [2.45, 2.75) is 25.8 Å². The summed E-state index contributed by atoms with van der Waals surface area (Å²) in [5.74, 6) is 0.0881. The molecule has 8 nitrogen and oxygen atoms in total. The number of rotatable bonds is 12. The van der Waals surface area contributed by atoms with Crippen molar-refractivity contribution in [1.29, 1.82) is 0 Å². The zero-order chi connectivity index (χ0) is 28.8. The maximum atomic E-state index is 11.6. The Bertz CT molecular complexity index is 1580. The molecule has 0 aliphatic heterocycles. The fourth-order valence-electron chi connectivity index (χ4n) is 4.82. The molecule has 1 aromatic heterocycles. The van der Waals surface area contributed by atoms with Crippen molar-refractivity contribution >= 4 is 16.8 Å². The first-order valence-corrected chi connectivity index (χ1v) is 13.4. The Kier molecular flexibility index (Phi) is 8.53. The molecule has 5 rings (SSSR count). The van der Waals surface area contributed by atoms with Crippen LogP contribution in [0.2, 0.25) is 0 Å². The molecule has 0 fully saturated rings. The molecule has 41 heavy (non-hydrogen) atoms. The topological polar surface area (TPSA) is 121 Å². The number of hydrogen-bond acceptors (Lipinski definition) is 6. The predicted octanol–water partition coefficient (Wildman–Crippen LogP) is 5.31. The molecule has 0 saturated heterocycles. The van der Waals surface area contributed by atoms with E-state index in [9.17, 15) is 15.0 Å². The smallest absolute Gasteiger partial charge is 0.252 e. The number of amides is 1. The fraction of sp³-hybridized carbons (Fsp3) is 0.182. The molecular weight excluding hydrogens is 518 g/mol. The number of aromatic hydroxyl groups is 1. The van der Waals surface area contributed by atoms with Crippen LogP contribution in [0.4, 0.5) is 0 Å². The van der Waals surface area contributed by atoms with E-state index in [0.717, 1.165) is 27.7 Å². The Morgan fingerprint density at radius 2 is 1.68 bits per heavy atom. The standard InChI is InChI=1S/C33H33N3O5/c1-22(37)33(41-31-14-8-6-12-26(31)29-19-24-11-5-7-13-28(24)35-29)36(21-23-9-3-2-4-10-23)17-18-40-25-15-16-30(38)27(20-25)32(34)39/h2-16,19-20,22,33,35,37-38H,17-18,21H2,1H3,(H2,34,39). The third kappa shape index (κ3) is 6.69. The van der Waals surface area contributed by atoms with Gasteiger partial charge in [0.05, 0.1) is 11.3 Å². The van der Waals surface area contributed by atoms with Crippen LogP contribution in [0.15, 0.2) is 103 Å². The van der Waals surface area contributed by atoms with Crippen LogP contribution in [0.3, 0.4) is 0 Å². The molecule has 0 bridgehead atoms. The van der Waals surface area contributed by atoms with E-state index in [4.69, 9.17) is 15.2 Å². The molecular formula is C33H33N3O5. The lowest BCUT2D eigenvalue weighted by Gasteiger charge is -2.34. The van der Waals surface area contributed by atoms with Crippen molar-refractivity contribution in [1.82, 2.24) is 9.88 Å². The average molecular weight is 552 g/mol. The van der Waals surface area contributed by atoms with E-state index in [-0.39, 0.29) is 17.9 Å². The van der Waals surface area contributed by atoms with Gasteiger partial charge in [-0.3, -0.25) is 9.69 Å². The molecule has 2 atom stereocenters. The minimum Gasteiger partial charge on any atom is -0.507 e. The largest absolute Gasteiger partial charge is 0.507 e. The highest BCUT2D eigenvalue weighted by molar-refractivity contribution is 5.95. The number of ether oxygens (including phenoxy) is 2. The molecule has 1 amide bonds. The Balaban J connectivity index is 1.40. The third-order valence-electron chi connectivity index (χ3n) is 6.84. The summed E-state index contributed by atoms with van der Waals surface area (Å²) in [6.07, 6.45) is -1.55. The monoisotopic (exact) mass is 551 g/mol. The third-order valence-corrected chi connectivity index (χ3v) is 6.84. The van der Waals surface area contributed by atoms with E-state index < -0.39 is 18.2 Å². The molecule has 5 aromatic rings. The van der Waals surface area contributed by atoms with Crippen LogP contribution < -0.4 is 15.2 Å². The lowest BCUT2D eigenvalue weighted by Crippen LogP contribution is -2.47. The summed E-state index contributed by atoms with van der Waals surface area (Å²) in [5, 5.41) is 21.9. The SMILES string of the molecule is CC(O)C(Oc1ccccc1-c1cc2ccccc2[nH]1)N(CCOc1ccc(O)c(C(N)=O)c1)Cc1ccccc1. The lowest BCUT2D eigenvalue weighted by atomic mass is 10.1. The predicted molar refractivity (Wildman–Crippen MR) is 159 cm³/mol. The number of aromatic nitrogens is 1. The number of carbonyl (C=O) groups excluding carboxylic acids is 1. The summed E-state index contributed by atoms with van der Waals surface area (Å²) in [4.78, 5) is 17.1. The number of fused-ring (bicyclic) bond motifs is 1. The molecule has 0 spiro atoms. The van der Waals surface area contributed by atoms with Crippen molar-refractivity contribution in [2.24, 2.45) is 5.73 Å². The zero-order valence-electron chi connectivity index (χ0n) is 22.7. The van der Waals surface area contributed by atoms with E-state index in [1.54, 1.807) is 13.0 Å². The molecule has 0 aliphatic carbocycles. The van der Waals surface area contributed by atoms with Gasteiger partial charge in [-0.05, 0) is 55.0 Å². The number of aliphatic hydroxyl groups excluding tert-OH is 1.